The fourth-order valence-corrected chi connectivity index (χ4v) is 2.32. The van der Waals surface area contributed by atoms with E-state index in [9.17, 15) is 0 Å². The molecule has 0 unspecified atom stereocenters. The quantitative estimate of drug-likeness (QED) is 0.814. The number of nitrogens with two attached hydrogens (primary N) is 1. The van der Waals surface area contributed by atoms with Gasteiger partial charge in [-0.2, -0.15) is 0 Å². The average Bonchev–Trinajstić information content (AvgIpc) is 3.13. The molecular weight excluding hydrogens is 240 g/mol. The van der Waals surface area contributed by atoms with Crippen molar-refractivity contribution < 1.29 is 9.47 Å². The maximum Gasteiger partial charge on any atom is 0.122 e. The van der Waals surface area contributed by atoms with Gasteiger partial charge in [0.15, 0.2) is 0 Å². The van der Waals surface area contributed by atoms with Crippen LogP contribution in [-0.2, 0) is 6.42 Å². The lowest BCUT2D eigenvalue weighted by atomic mass is 10.1. The third-order valence-electron chi connectivity index (χ3n) is 3.73. The Kier molecular flexibility index (Phi) is 4.32. The number of ether oxygens (including phenoxy) is 2. The van der Waals surface area contributed by atoms with E-state index in [0.29, 0.717) is 0 Å². The summed E-state index contributed by atoms with van der Waals surface area (Å²) in [5.74, 6) is 1.79. The van der Waals surface area contributed by atoms with Crippen LogP contribution in [0.1, 0.15) is 18.4 Å². The van der Waals surface area contributed by atoms with E-state index >= 15 is 0 Å². The van der Waals surface area contributed by atoms with Gasteiger partial charge in [-0.15, -0.1) is 0 Å². The Hall–Kier alpha value is -1.26. The van der Waals surface area contributed by atoms with Gasteiger partial charge in [-0.1, -0.05) is 0 Å². The standard InChI is InChI=1S/C15H24N2O2/c1-17(11-15(16)7-8-15)9-6-12-10-13(18-2)4-5-14(12)19-3/h4-5,10H,6-9,11,16H2,1-3H3. The first kappa shape index (κ1) is 14.2. The molecule has 1 aliphatic carbocycles. The van der Waals surface area contributed by atoms with Crippen LogP contribution in [0, 0.1) is 0 Å². The van der Waals surface area contributed by atoms with Crippen LogP contribution >= 0.6 is 0 Å². The second-order valence-electron chi connectivity index (χ2n) is 5.53. The van der Waals surface area contributed by atoms with Crippen LogP contribution in [0.2, 0.25) is 0 Å². The van der Waals surface area contributed by atoms with Gasteiger partial charge in [-0.05, 0) is 50.1 Å². The molecule has 19 heavy (non-hydrogen) atoms. The molecule has 0 saturated heterocycles. The minimum absolute atomic E-state index is 0.0766. The SMILES string of the molecule is COc1ccc(OC)c(CCN(C)CC2(N)CC2)c1. The Labute approximate surface area is 115 Å². The summed E-state index contributed by atoms with van der Waals surface area (Å²) >= 11 is 0. The number of hydrogen-bond acceptors (Lipinski definition) is 4. The van der Waals surface area contributed by atoms with Crippen LogP contribution in [-0.4, -0.2) is 44.8 Å². The van der Waals surface area contributed by atoms with Crippen LogP contribution in [0.5, 0.6) is 11.5 Å². The van der Waals surface area contributed by atoms with Crippen LogP contribution in [0.3, 0.4) is 0 Å². The van der Waals surface area contributed by atoms with Crippen LogP contribution in [0.4, 0.5) is 0 Å². The molecule has 1 aliphatic rings. The molecule has 4 nitrogen and oxygen atoms in total. The van der Waals surface area contributed by atoms with Gasteiger partial charge in [0, 0.05) is 18.6 Å². The van der Waals surface area contributed by atoms with Crippen LogP contribution in [0.25, 0.3) is 0 Å². The topological polar surface area (TPSA) is 47.7 Å². The van der Waals surface area contributed by atoms with Gasteiger partial charge < -0.3 is 20.1 Å². The summed E-state index contributed by atoms with van der Waals surface area (Å²) in [4.78, 5) is 2.30. The lowest BCUT2D eigenvalue weighted by molar-refractivity contribution is 0.304. The van der Waals surface area contributed by atoms with Gasteiger partial charge in [0.05, 0.1) is 14.2 Å². The highest BCUT2D eigenvalue weighted by Gasteiger charge is 2.38. The molecule has 1 aromatic carbocycles. The molecule has 0 amide bonds. The lowest BCUT2D eigenvalue weighted by Gasteiger charge is -2.21. The van der Waals surface area contributed by atoms with Crippen molar-refractivity contribution >= 4 is 0 Å². The van der Waals surface area contributed by atoms with Crippen molar-refractivity contribution in [2.75, 3.05) is 34.4 Å². The molecule has 106 valence electrons. The van der Waals surface area contributed by atoms with Crippen molar-refractivity contribution in [2.45, 2.75) is 24.8 Å². The molecule has 1 fully saturated rings. The number of methoxy groups -OCH3 is 2. The van der Waals surface area contributed by atoms with Crippen molar-refractivity contribution in [3.8, 4) is 11.5 Å². The Bertz CT molecular complexity index is 430. The van der Waals surface area contributed by atoms with Gasteiger partial charge in [-0.25, -0.2) is 0 Å². The van der Waals surface area contributed by atoms with Gasteiger partial charge in [0.25, 0.3) is 0 Å². The molecule has 0 spiro atoms. The Morgan fingerprint density at radius 3 is 2.58 bits per heavy atom. The summed E-state index contributed by atoms with van der Waals surface area (Å²) < 4.78 is 10.7. The number of likely N-dealkylation sites (N-methyl/N-ethyl adjacent to an activating group) is 1. The Balaban J connectivity index is 1.93. The van der Waals surface area contributed by atoms with Crippen molar-refractivity contribution in [3.05, 3.63) is 23.8 Å². The second-order valence-corrected chi connectivity index (χ2v) is 5.53. The number of nitrogens with zero attached hydrogens (tertiary/aromatic N) is 1. The fraction of sp³-hybridized carbons (Fsp3) is 0.600. The summed E-state index contributed by atoms with van der Waals surface area (Å²) in [5.41, 5.74) is 7.38. The highest BCUT2D eigenvalue weighted by Crippen LogP contribution is 2.32. The van der Waals surface area contributed by atoms with Gasteiger partial charge in [-0.3, -0.25) is 0 Å². The van der Waals surface area contributed by atoms with E-state index in [1.807, 2.05) is 18.2 Å². The van der Waals surface area contributed by atoms with Crippen LogP contribution in [0.15, 0.2) is 18.2 Å². The lowest BCUT2D eigenvalue weighted by Crippen LogP contribution is -2.38. The summed E-state index contributed by atoms with van der Waals surface area (Å²) in [5, 5.41) is 0. The first-order chi connectivity index (χ1) is 9.06. The third-order valence-corrected chi connectivity index (χ3v) is 3.73. The molecule has 0 heterocycles. The summed E-state index contributed by atoms with van der Waals surface area (Å²) in [6.07, 6.45) is 3.24. The number of benzene rings is 1. The predicted octanol–water partition coefficient (Wildman–Crippen LogP) is 1.67. The maximum absolute atomic E-state index is 6.13. The van der Waals surface area contributed by atoms with E-state index in [0.717, 1.165) is 43.9 Å². The van der Waals surface area contributed by atoms with Crippen molar-refractivity contribution in [2.24, 2.45) is 5.73 Å². The van der Waals surface area contributed by atoms with E-state index < -0.39 is 0 Å². The highest BCUT2D eigenvalue weighted by molar-refractivity contribution is 5.40. The van der Waals surface area contributed by atoms with E-state index in [4.69, 9.17) is 15.2 Å². The van der Waals surface area contributed by atoms with E-state index in [2.05, 4.69) is 11.9 Å². The highest BCUT2D eigenvalue weighted by atomic mass is 16.5. The Morgan fingerprint density at radius 1 is 1.26 bits per heavy atom. The van der Waals surface area contributed by atoms with E-state index in [1.165, 1.54) is 5.56 Å². The molecule has 1 aromatic rings. The molecule has 0 atom stereocenters. The van der Waals surface area contributed by atoms with Gasteiger partial charge >= 0.3 is 0 Å². The molecule has 1 saturated carbocycles. The van der Waals surface area contributed by atoms with Gasteiger partial charge in [0.1, 0.15) is 11.5 Å². The van der Waals surface area contributed by atoms with Crippen molar-refractivity contribution in [1.29, 1.82) is 0 Å². The minimum Gasteiger partial charge on any atom is -0.497 e. The smallest absolute Gasteiger partial charge is 0.122 e. The third kappa shape index (κ3) is 3.85. The number of hydrogen-bond donors (Lipinski definition) is 1. The zero-order valence-electron chi connectivity index (χ0n) is 12.1. The first-order valence-corrected chi connectivity index (χ1v) is 6.75. The fourth-order valence-electron chi connectivity index (χ4n) is 2.32. The second kappa shape index (κ2) is 5.80. The van der Waals surface area contributed by atoms with Gasteiger partial charge in [0.2, 0.25) is 0 Å². The molecule has 0 aliphatic heterocycles. The summed E-state index contributed by atoms with van der Waals surface area (Å²) in [6, 6.07) is 5.92. The first-order valence-electron chi connectivity index (χ1n) is 6.75. The average molecular weight is 264 g/mol. The predicted molar refractivity (Wildman–Crippen MR) is 76.9 cm³/mol. The monoisotopic (exact) mass is 264 g/mol. The normalized spacial score (nSPS) is 16.5. The molecule has 0 aromatic heterocycles. The number of rotatable bonds is 7. The summed E-state index contributed by atoms with van der Waals surface area (Å²) in [7, 11) is 5.51. The molecule has 0 radical (unpaired) electrons. The van der Waals surface area contributed by atoms with E-state index in [-0.39, 0.29) is 5.54 Å². The molecule has 2 N–H and O–H groups in total. The minimum atomic E-state index is 0.0766. The van der Waals surface area contributed by atoms with Crippen molar-refractivity contribution in [3.63, 3.8) is 0 Å². The summed E-state index contributed by atoms with van der Waals surface area (Å²) in [6.45, 7) is 1.95. The molecule has 2 rings (SSSR count). The molecule has 4 heteroatoms. The molecule has 0 bridgehead atoms. The molecular formula is C15H24N2O2. The zero-order valence-corrected chi connectivity index (χ0v) is 12.1. The van der Waals surface area contributed by atoms with Crippen LogP contribution < -0.4 is 15.2 Å². The maximum atomic E-state index is 6.13. The Morgan fingerprint density at radius 2 is 2.00 bits per heavy atom. The zero-order chi connectivity index (χ0) is 13.9. The largest absolute Gasteiger partial charge is 0.497 e. The van der Waals surface area contributed by atoms with E-state index in [1.54, 1.807) is 14.2 Å². The van der Waals surface area contributed by atoms with Crippen molar-refractivity contribution in [1.82, 2.24) is 4.90 Å².